The summed E-state index contributed by atoms with van der Waals surface area (Å²) in [6.07, 6.45) is 0. The largest absolute Gasteiger partial charge is 0.314 e. The van der Waals surface area contributed by atoms with Crippen molar-refractivity contribution in [3.63, 3.8) is 0 Å². The summed E-state index contributed by atoms with van der Waals surface area (Å²) in [5.41, 5.74) is 0.305. The molecular formula is C12H16FN3O2. The van der Waals surface area contributed by atoms with Crippen molar-refractivity contribution in [2.45, 2.75) is 19.5 Å². The van der Waals surface area contributed by atoms with Gasteiger partial charge in [0, 0.05) is 43.9 Å². The molecule has 1 aliphatic heterocycles. The molecule has 0 amide bonds. The molecule has 1 aromatic rings. The van der Waals surface area contributed by atoms with Crippen LogP contribution in [0, 0.1) is 15.9 Å². The first-order valence-electron chi connectivity index (χ1n) is 5.95. The van der Waals surface area contributed by atoms with Gasteiger partial charge in [0.05, 0.1) is 11.0 Å². The number of hydrogen-bond donors (Lipinski definition) is 1. The number of nitro groups is 1. The quantitative estimate of drug-likeness (QED) is 0.655. The van der Waals surface area contributed by atoms with Gasteiger partial charge in [-0.25, -0.2) is 4.39 Å². The second-order valence-corrected chi connectivity index (χ2v) is 4.56. The predicted molar refractivity (Wildman–Crippen MR) is 65.8 cm³/mol. The molecule has 1 N–H and O–H groups in total. The van der Waals surface area contributed by atoms with E-state index in [1.807, 2.05) is 0 Å². The third-order valence-corrected chi connectivity index (χ3v) is 3.26. The van der Waals surface area contributed by atoms with Gasteiger partial charge in [0.25, 0.3) is 5.69 Å². The van der Waals surface area contributed by atoms with Crippen LogP contribution in [0.15, 0.2) is 18.2 Å². The molecule has 0 saturated carbocycles. The Bertz CT molecular complexity index is 453. The second kappa shape index (κ2) is 5.41. The van der Waals surface area contributed by atoms with E-state index < -0.39 is 10.7 Å². The van der Waals surface area contributed by atoms with Crippen molar-refractivity contribution in [1.82, 2.24) is 10.2 Å². The molecular weight excluding hydrogens is 237 g/mol. The van der Waals surface area contributed by atoms with Gasteiger partial charge in [0.2, 0.25) is 0 Å². The normalized spacial score (nSPS) is 20.9. The molecule has 0 radical (unpaired) electrons. The highest BCUT2D eigenvalue weighted by atomic mass is 19.1. The fourth-order valence-corrected chi connectivity index (χ4v) is 2.11. The minimum atomic E-state index is -0.583. The van der Waals surface area contributed by atoms with E-state index >= 15 is 0 Å². The monoisotopic (exact) mass is 253 g/mol. The van der Waals surface area contributed by atoms with Crippen LogP contribution in [0.1, 0.15) is 12.5 Å². The topological polar surface area (TPSA) is 58.4 Å². The number of non-ortho nitro benzene ring substituents is 1. The van der Waals surface area contributed by atoms with E-state index in [0.29, 0.717) is 18.2 Å². The summed E-state index contributed by atoms with van der Waals surface area (Å²) in [5.74, 6) is -0.505. The standard InChI is InChI=1S/C12H16FN3O2/c1-9-7-14-4-5-15(9)8-10-2-3-11(16(17)18)6-12(10)13/h2-3,6,9,14H,4-5,7-8H2,1H3. The average Bonchev–Trinajstić information content (AvgIpc) is 2.34. The minimum Gasteiger partial charge on any atom is -0.314 e. The third kappa shape index (κ3) is 2.83. The Hall–Kier alpha value is -1.53. The molecule has 5 nitrogen and oxygen atoms in total. The molecule has 1 saturated heterocycles. The fraction of sp³-hybridized carbons (Fsp3) is 0.500. The molecule has 1 heterocycles. The Morgan fingerprint density at radius 1 is 1.61 bits per heavy atom. The van der Waals surface area contributed by atoms with Crippen LogP contribution in [0.3, 0.4) is 0 Å². The van der Waals surface area contributed by atoms with E-state index in [4.69, 9.17) is 0 Å². The van der Waals surface area contributed by atoms with Gasteiger partial charge in [-0.3, -0.25) is 15.0 Å². The summed E-state index contributed by atoms with van der Waals surface area (Å²) >= 11 is 0. The number of piperazine rings is 1. The van der Waals surface area contributed by atoms with Crippen LogP contribution in [0.4, 0.5) is 10.1 Å². The molecule has 1 aliphatic rings. The number of hydrogen-bond acceptors (Lipinski definition) is 4. The van der Waals surface area contributed by atoms with Crippen LogP contribution in [-0.2, 0) is 6.54 Å². The maximum atomic E-state index is 13.7. The van der Waals surface area contributed by atoms with Crippen molar-refractivity contribution in [2.24, 2.45) is 0 Å². The van der Waals surface area contributed by atoms with Gasteiger partial charge in [0.15, 0.2) is 0 Å². The summed E-state index contributed by atoms with van der Waals surface area (Å²) in [6, 6.07) is 4.18. The van der Waals surface area contributed by atoms with Crippen LogP contribution < -0.4 is 5.32 Å². The summed E-state index contributed by atoms with van der Waals surface area (Å²) in [6.45, 7) is 5.20. The molecule has 0 bridgehead atoms. The van der Waals surface area contributed by atoms with Gasteiger partial charge in [-0.15, -0.1) is 0 Å². The molecule has 0 aliphatic carbocycles. The predicted octanol–water partition coefficient (Wildman–Crippen LogP) is 1.53. The lowest BCUT2D eigenvalue weighted by atomic mass is 10.1. The zero-order valence-electron chi connectivity index (χ0n) is 10.2. The minimum absolute atomic E-state index is 0.204. The molecule has 0 aromatic heterocycles. The van der Waals surface area contributed by atoms with Gasteiger partial charge in [-0.05, 0) is 13.0 Å². The van der Waals surface area contributed by atoms with E-state index in [2.05, 4.69) is 17.1 Å². The molecule has 0 spiro atoms. The third-order valence-electron chi connectivity index (χ3n) is 3.26. The van der Waals surface area contributed by atoms with Gasteiger partial charge < -0.3 is 5.32 Å². The molecule has 1 atom stereocenters. The molecule has 6 heteroatoms. The van der Waals surface area contributed by atoms with Crippen molar-refractivity contribution in [1.29, 1.82) is 0 Å². The molecule has 98 valence electrons. The zero-order chi connectivity index (χ0) is 13.1. The maximum absolute atomic E-state index is 13.7. The highest BCUT2D eigenvalue weighted by Gasteiger charge is 2.20. The van der Waals surface area contributed by atoms with Crippen LogP contribution in [0.5, 0.6) is 0 Å². The van der Waals surface area contributed by atoms with Crippen molar-refractivity contribution in [3.8, 4) is 0 Å². The first-order chi connectivity index (χ1) is 8.58. The Labute approximate surface area is 105 Å². The zero-order valence-corrected chi connectivity index (χ0v) is 10.2. The van der Waals surface area contributed by atoms with Gasteiger partial charge >= 0.3 is 0 Å². The van der Waals surface area contributed by atoms with Crippen LogP contribution >= 0.6 is 0 Å². The van der Waals surface area contributed by atoms with Crippen molar-refractivity contribution in [3.05, 3.63) is 39.7 Å². The van der Waals surface area contributed by atoms with Crippen LogP contribution in [-0.4, -0.2) is 35.5 Å². The van der Waals surface area contributed by atoms with Gasteiger partial charge in [0.1, 0.15) is 5.82 Å². The molecule has 18 heavy (non-hydrogen) atoms. The SMILES string of the molecule is CC1CNCCN1Cc1ccc([N+](=O)[O-])cc1F. The number of nitrogens with one attached hydrogen (secondary N) is 1. The van der Waals surface area contributed by atoms with Crippen LogP contribution in [0.2, 0.25) is 0 Å². The number of benzene rings is 1. The highest BCUT2D eigenvalue weighted by molar-refractivity contribution is 5.34. The number of halogens is 1. The van der Waals surface area contributed by atoms with E-state index in [1.54, 1.807) is 0 Å². The molecule has 1 fully saturated rings. The lowest BCUT2D eigenvalue weighted by molar-refractivity contribution is -0.385. The van der Waals surface area contributed by atoms with Crippen molar-refractivity contribution >= 4 is 5.69 Å². The fourth-order valence-electron chi connectivity index (χ4n) is 2.11. The van der Waals surface area contributed by atoms with E-state index in [1.165, 1.54) is 12.1 Å². The lowest BCUT2D eigenvalue weighted by Gasteiger charge is -2.33. The first-order valence-corrected chi connectivity index (χ1v) is 5.95. The lowest BCUT2D eigenvalue weighted by Crippen LogP contribution is -2.49. The second-order valence-electron chi connectivity index (χ2n) is 4.56. The smallest absolute Gasteiger partial charge is 0.272 e. The van der Waals surface area contributed by atoms with Gasteiger partial charge in [-0.1, -0.05) is 0 Å². The summed E-state index contributed by atoms with van der Waals surface area (Å²) in [5, 5.41) is 13.8. The van der Waals surface area contributed by atoms with E-state index in [-0.39, 0.29) is 5.69 Å². The summed E-state index contributed by atoms with van der Waals surface area (Å²) in [7, 11) is 0. The summed E-state index contributed by atoms with van der Waals surface area (Å²) in [4.78, 5) is 12.1. The molecule has 1 aromatic carbocycles. The number of nitrogens with zero attached hydrogens (tertiary/aromatic N) is 2. The highest BCUT2D eigenvalue weighted by Crippen LogP contribution is 2.19. The number of rotatable bonds is 3. The number of nitro benzene ring substituents is 1. The maximum Gasteiger partial charge on any atom is 0.272 e. The summed E-state index contributed by atoms with van der Waals surface area (Å²) < 4.78 is 13.7. The van der Waals surface area contributed by atoms with Crippen LogP contribution in [0.25, 0.3) is 0 Å². The van der Waals surface area contributed by atoms with Gasteiger partial charge in [-0.2, -0.15) is 0 Å². The Morgan fingerprint density at radius 2 is 2.39 bits per heavy atom. The Kier molecular flexibility index (Phi) is 3.88. The molecule has 1 unspecified atom stereocenters. The van der Waals surface area contributed by atoms with Crippen molar-refractivity contribution < 1.29 is 9.31 Å². The van der Waals surface area contributed by atoms with Crippen molar-refractivity contribution in [2.75, 3.05) is 19.6 Å². The average molecular weight is 253 g/mol. The Balaban J connectivity index is 2.11. The van der Waals surface area contributed by atoms with E-state index in [9.17, 15) is 14.5 Å². The Morgan fingerprint density at radius 3 is 3.00 bits per heavy atom. The first kappa shape index (κ1) is 12.9. The molecule has 2 rings (SSSR count). The van der Waals surface area contributed by atoms with E-state index in [0.717, 1.165) is 25.7 Å².